The van der Waals surface area contributed by atoms with Crippen molar-refractivity contribution in [2.75, 3.05) is 17.4 Å². The molecule has 0 bridgehead atoms. The van der Waals surface area contributed by atoms with Crippen LogP contribution in [-0.2, 0) is 6.54 Å². The SMILES string of the molecule is O=C(Nc1ccc2c(c1)OCO2)c1cncc(NCc2ccccc2F)c1. The van der Waals surface area contributed by atoms with Gasteiger partial charge in [0.25, 0.3) is 5.91 Å². The number of ether oxygens (including phenoxy) is 2. The van der Waals surface area contributed by atoms with E-state index in [9.17, 15) is 9.18 Å². The van der Waals surface area contributed by atoms with Crippen molar-refractivity contribution in [3.63, 3.8) is 0 Å². The molecule has 27 heavy (non-hydrogen) atoms. The van der Waals surface area contributed by atoms with E-state index in [0.717, 1.165) is 0 Å². The lowest BCUT2D eigenvalue weighted by Gasteiger charge is -2.09. The third-order valence-electron chi connectivity index (χ3n) is 4.07. The molecule has 0 atom stereocenters. The minimum Gasteiger partial charge on any atom is -0.454 e. The molecule has 0 radical (unpaired) electrons. The fourth-order valence-corrected chi connectivity index (χ4v) is 2.68. The fraction of sp³-hybridized carbons (Fsp3) is 0.100. The second-order valence-corrected chi connectivity index (χ2v) is 5.93. The summed E-state index contributed by atoms with van der Waals surface area (Å²) in [6.07, 6.45) is 3.05. The Hall–Kier alpha value is -3.61. The zero-order valence-corrected chi connectivity index (χ0v) is 14.2. The molecule has 2 heterocycles. The van der Waals surface area contributed by atoms with Gasteiger partial charge in [-0.2, -0.15) is 0 Å². The monoisotopic (exact) mass is 365 g/mol. The Morgan fingerprint density at radius 3 is 2.78 bits per heavy atom. The minimum atomic E-state index is -0.309. The first-order valence-corrected chi connectivity index (χ1v) is 8.32. The van der Waals surface area contributed by atoms with Gasteiger partial charge in [-0.15, -0.1) is 0 Å². The van der Waals surface area contributed by atoms with E-state index in [0.29, 0.717) is 40.5 Å². The van der Waals surface area contributed by atoms with Gasteiger partial charge in [0.15, 0.2) is 11.5 Å². The normalized spacial score (nSPS) is 11.9. The third-order valence-corrected chi connectivity index (χ3v) is 4.07. The van der Waals surface area contributed by atoms with E-state index >= 15 is 0 Å². The summed E-state index contributed by atoms with van der Waals surface area (Å²) in [6, 6.07) is 13.4. The van der Waals surface area contributed by atoms with Crippen molar-refractivity contribution in [3.05, 3.63) is 77.9 Å². The molecule has 1 aliphatic heterocycles. The van der Waals surface area contributed by atoms with Gasteiger partial charge in [0, 0.05) is 36.3 Å². The quantitative estimate of drug-likeness (QED) is 0.719. The van der Waals surface area contributed by atoms with Crippen LogP contribution in [0.15, 0.2) is 60.9 Å². The lowest BCUT2D eigenvalue weighted by molar-refractivity contribution is 0.102. The molecule has 1 aromatic heterocycles. The maximum Gasteiger partial charge on any atom is 0.257 e. The first-order chi connectivity index (χ1) is 13.2. The van der Waals surface area contributed by atoms with Gasteiger partial charge in [-0.25, -0.2) is 4.39 Å². The fourth-order valence-electron chi connectivity index (χ4n) is 2.68. The highest BCUT2D eigenvalue weighted by atomic mass is 19.1. The van der Waals surface area contributed by atoms with E-state index in [1.165, 1.54) is 12.3 Å². The summed E-state index contributed by atoms with van der Waals surface area (Å²) >= 11 is 0. The number of carbonyl (C=O) groups excluding carboxylic acids is 1. The predicted octanol–water partition coefficient (Wildman–Crippen LogP) is 3.81. The molecular formula is C20H16FN3O3. The molecule has 1 aliphatic rings. The maximum atomic E-state index is 13.7. The van der Waals surface area contributed by atoms with Gasteiger partial charge >= 0.3 is 0 Å². The Morgan fingerprint density at radius 2 is 1.89 bits per heavy atom. The Kier molecular flexibility index (Phi) is 4.57. The summed E-state index contributed by atoms with van der Waals surface area (Å²) in [6.45, 7) is 0.466. The van der Waals surface area contributed by atoms with E-state index in [4.69, 9.17) is 9.47 Å². The molecule has 3 aromatic rings. The number of benzene rings is 2. The van der Waals surface area contributed by atoms with Gasteiger partial charge in [-0.3, -0.25) is 9.78 Å². The molecule has 0 saturated carbocycles. The standard InChI is InChI=1S/C20H16FN3O3/c21-17-4-2-1-3-13(17)10-23-16-7-14(9-22-11-16)20(25)24-15-5-6-18-19(8-15)27-12-26-18/h1-9,11,23H,10,12H2,(H,24,25). The van der Waals surface area contributed by atoms with E-state index < -0.39 is 0 Å². The summed E-state index contributed by atoms with van der Waals surface area (Å²) in [7, 11) is 0. The molecule has 136 valence electrons. The molecule has 0 saturated heterocycles. The van der Waals surface area contributed by atoms with Crippen molar-refractivity contribution < 1.29 is 18.7 Å². The van der Waals surface area contributed by atoms with Gasteiger partial charge in [0.05, 0.1) is 11.3 Å². The Morgan fingerprint density at radius 1 is 1.04 bits per heavy atom. The van der Waals surface area contributed by atoms with Crippen LogP contribution in [-0.4, -0.2) is 17.7 Å². The summed E-state index contributed by atoms with van der Waals surface area (Å²) in [5, 5.41) is 5.87. The first-order valence-electron chi connectivity index (χ1n) is 8.32. The number of fused-ring (bicyclic) bond motifs is 1. The van der Waals surface area contributed by atoms with E-state index in [1.54, 1.807) is 48.7 Å². The van der Waals surface area contributed by atoms with E-state index in [2.05, 4.69) is 15.6 Å². The molecule has 4 rings (SSSR count). The number of carbonyl (C=O) groups is 1. The third kappa shape index (κ3) is 3.82. The molecule has 0 unspecified atom stereocenters. The van der Waals surface area contributed by atoms with Gasteiger partial charge in [-0.1, -0.05) is 18.2 Å². The highest BCUT2D eigenvalue weighted by Gasteiger charge is 2.15. The van der Waals surface area contributed by atoms with Crippen LogP contribution in [0.25, 0.3) is 0 Å². The van der Waals surface area contributed by atoms with Crippen molar-refractivity contribution in [3.8, 4) is 11.5 Å². The lowest BCUT2D eigenvalue weighted by atomic mass is 10.2. The van der Waals surface area contributed by atoms with Crippen molar-refractivity contribution in [1.82, 2.24) is 4.98 Å². The highest BCUT2D eigenvalue weighted by molar-refractivity contribution is 6.04. The van der Waals surface area contributed by atoms with Crippen molar-refractivity contribution in [1.29, 1.82) is 0 Å². The van der Waals surface area contributed by atoms with Crippen LogP contribution in [0.4, 0.5) is 15.8 Å². The van der Waals surface area contributed by atoms with Crippen LogP contribution in [0.3, 0.4) is 0 Å². The Labute approximate surface area is 155 Å². The molecule has 2 N–H and O–H groups in total. The second-order valence-electron chi connectivity index (χ2n) is 5.93. The number of aromatic nitrogens is 1. The van der Waals surface area contributed by atoms with Gasteiger partial charge in [-0.05, 0) is 24.3 Å². The van der Waals surface area contributed by atoms with Gasteiger partial charge in [0.2, 0.25) is 6.79 Å². The summed E-state index contributed by atoms with van der Waals surface area (Å²) in [4.78, 5) is 16.6. The number of halogens is 1. The lowest BCUT2D eigenvalue weighted by Crippen LogP contribution is -2.13. The zero-order chi connectivity index (χ0) is 18.6. The minimum absolute atomic E-state index is 0.173. The van der Waals surface area contributed by atoms with Crippen molar-refractivity contribution >= 4 is 17.3 Å². The molecule has 1 amide bonds. The van der Waals surface area contributed by atoms with Crippen molar-refractivity contribution in [2.45, 2.75) is 6.54 Å². The van der Waals surface area contributed by atoms with Gasteiger partial charge < -0.3 is 20.1 Å². The van der Waals surface area contributed by atoms with Crippen LogP contribution in [0.2, 0.25) is 0 Å². The number of anilines is 2. The second kappa shape index (κ2) is 7.33. The molecule has 2 aromatic carbocycles. The Bertz CT molecular complexity index is 994. The van der Waals surface area contributed by atoms with Crippen molar-refractivity contribution in [2.24, 2.45) is 0 Å². The number of nitrogens with one attached hydrogen (secondary N) is 2. The summed E-state index contributed by atoms with van der Waals surface area (Å²) in [5.74, 6) is 0.644. The predicted molar refractivity (Wildman–Crippen MR) is 98.5 cm³/mol. The van der Waals surface area contributed by atoms with Gasteiger partial charge in [0.1, 0.15) is 5.82 Å². The molecule has 0 fully saturated rings. The van der Waals surface area contributed by atoms with Crippen LogP contribution in [0.5, 0.6) is 11.5 Å². The van der Waals surface area contributed by atoms with E-state index in [1.807, 2.05) is 0 Å². The van der Waals surface area contributed by atoms with Crippen LogP contribution < -0.4 is 20.1 Å². The number of hydrogen-bond donors (Lipinski definition) is 2. The van der Waals surface area contributed by atoms with E-state index in [-0.39, 0.29) is 18.5 Å². The largest absolute Gasteiger partial charge is 0.454 e. The van der Waals surface area contributed by atoms with Crippen LogP contribution >= 0.6 is 0 Å². The summed E-state index contributed by atoms with van der Waals surface area (Å²) in [5.41, 5.74) is 2.13. The number of pyridine rings is 1. The van der Waals surface area contributed by atoms with Crippen LogP contribution in [0, 0.1) is 5.82 Å². The number of hydrogen-bond acceptors (Lipinski definition) is 5. The number of amides is 1. The topological polar surface area (TPSA) is 72.5 Å². The molecule has 6 nitrogen and oxygen atoms in total. The average molecular weight is 365 g/mol. The molecule has 0 aliphatic carbocycles. The number of rotatable bonds is 5. The average Bonchev–Trinajstić information content (AvgIpc) is 3.15. The first kappa shape index (κ1) is 16.8. The smallest absolute Gasteiger partial charge is 0.257 e. The highest BCUT2D eigenvalue weighted by Crippen LogP contribution is 2.34. The molecule has 7 heteroatoms. The number of nitrogens with zero attached hydrogens (tertiary/aromatic N) is 1. The molecular weight excluding hydrogens is 349 g/mol. The summed E-state index contributed by atoms with van der Waals surface area (Å²) < 4.78 is 24.3. The zero-order valence-electron chi connectivity index (χ0n) is 14.2. The Balaban J connectivity index is 1.44. The molecule has 0 spiro atoms. The van der Waals surface area contributed by atoms with Crippen LogP contribution in [0.1, 0.15) is 15.9 Å². The maximum absolute atomic E-state index is 13.7.